The number of methoxy groups -OCH3 is 2. The minimum Gasteiger partial charge on any atom is -1.00 e. The zero-order valence-electron chi connectivity index (χ0n) is 87.1. The number of aromatic nitrogens is 10. The number of nitrogens with two attached hydrogens (primary N) is 1. The molecule has 66 heteroatoms. The summed E-state index contributed by atoms with van der Waals surface area (Å²) in [6.07, 6.45) is 9.89. The van der Waals surface area contributed by atoms with E-state index in [9.17, 15) is 77.0 Å². The molecule has 7 heterocycles. The van der Waals surface area contributed by atoms with Crippen LogP contribution in [0.25, 0.3) is 11.0 Å². The molecule has 814 valence electrons. The van der Waals surface area contributed by atoms with Crippen LogP contribution in [0.1, 0.15) is 134 Å². The van der Waals surface area contributed by atoms with Gasteiger partial charge in [0.25, 0.3) is 17.7 Å². The van der Waals surface area contributed by atoms with Crippen molar-refractivity contribution in [2.45, 2.75) is 192 Å². The van der Waals surface area contributed by atoms with Crippen molar-refractivity contribution in [2.24, 2.45) is 15.0 Å². The smallest absolute Gasteiger partial charge is 1.00 e. The van der Waals surface area contributed by atoms with Crippen LogP contribution >= 0.6 is 50.9 Å². The van der Waals surface area contributed by atoms with Crippen molar-refractivity contribution >= 4 is 193 Å². The van der Waals surface area contributed by atoms with Gasteiger partial charge in [-0.15, -0.1) is 0 Å². The first kappa shape index (κ1) is 156. The number of allylic oxidation sites excluding steroid dienone is 1. The molecule has 11 N–H and O–H groups in total. The summed E-state index contributed by atoms with van der Waals surface area (Å²) in [7, 11) is 5.74. The van der Waals surface area contributed by atoms with E-state index in [1.165, 1.54) is 75.3 Å². The summed E-state index contributed by atoms with van der Waals surface area (Å²) >= 11 is 15.8. The summed E-state index contributed by atoms with van der Waals surface area (Å²) in [4.78, 5) is 245. The average Bonchev–Trinajstić information content (AvgIpc) is 1.64. The standard InChI is InChI=1S/C20H25ClFN7O2.C13H17ClFNO.C10H15N3O4.C10H17N3O2.C9H9N5O5.C6H11BrO2.C5H10N2O2S.C5H6N2O2.CH2O3.5CO2.2K.Na.H2O.H2.H/c1-12(2)29(10-17(30)24-7-13-5-4-6-14(21)19(13)22)18(31)11-28-9-16-15(27-28)8-25-20(23-3)26-16;1-9(2)16-8-11(17)7-6-10-4-3-5-12(14)13(10)15;1-7-8(13(15)16)5-12(11-7)6-9(14)17-10(2,3)4;1-7-8(11)5-13(12-7)6-9(14)15-10(2,3)4;1-19-9(18)12-8-10-4-2-14(3-5(15)16)13-6(4)7(17)11-8;1-6(2,3)9-5(8)4-7;1-6-4(10-3)7-5(8)9-2;1-4-5(7(8)9)2-3-6-4;2-1-4-3;5*2-1-3;;;;;;/h4-6,9,12H,7-8,10-11H2,1-3H3,(H,24,30)(H2,23,25,26);3-5,9,16H,6-8H2,1-2H3;5H,6H2,1-4H3;5H,6,11H2,1-4H3;2H,3H2,1H3,(H,15,16)(H2,10,11,12,17,18);4H2,1-3H3;1-3H3,(H,6,7,8);2H,3H2,1H3;1,3H;;;;;;;;;1H2;1H;/q;;;;;;;;;;;;;;3*+1;;;-1/p-2. The number of hydrogen-bond acceptors (Lipinski definition) is 44. The molecule has 2 aliphatic rings. The van der Waals surface area contributed by atoms with Crippen LogP contribution in [0, 0.1) is 45.7 Å². The average molecular weight is 2310 g/mol. The predicted octanol–water partition coefficient (Wildman–Crippen LogP) is -3.61. The molecule has 0 saturated heterocycles. The van der Waals surface area contributed by atoms with Crippen LogP contribution in [0.15, 0.2) is 92.7 Å². The van der Waals surface area contributed by atoms with Crippen LogP contribution in [-0.2, 0) is 161 Å². The van der Waals surface area contributed by atoms with E-state index in [1.54, 1.807) is 85.4 Å². The number of nitrogens with zero attached hydrogens (tertiary/aromatic N) is 15. The van der Waals surface area contributed by atoms with Crippen LogP contribution in [-0.4, -0.2) is 271 Å². The Morgan fingerprint density at radius 2 is 1.19 bits per heavy atom. The fourth-order valence-electron chi connectivity index (χ4n) is 9.75. The van der Waals surface area contributed by atoms with Crippen molar-refractivity contribution < 1.29 is 294 Å². The molecule has 4 amide bonds. The van der Waals surface area contributed by atoms with Crippen molar-refractivity contribution in [3.05, 3.63) is 153 Å². The number of amides is 4. The Balaban J connectivity index is -0.000000165. The van der Waals surface area contributed by atoms with Crippen LogP contribution in [0.5, 0.6) is 0 Å². The van der Waals surface area contributed by atoms with Crippen LogP contribution < -0.4 is 181 Å². The Morgan fingerprint density at radius 3 is 1.57 bits per heavy atom. The van der Waals surface area contributed by atoms with Gasteiger partial charge in [-0.1, -0.05) is 89.0 Å². The number of aromatic amines is 1. The van der Waals surface area contributed by atoms with Gasteiger partial charge in [0.05, 0.1) is 83.6 Å². The molecular formula is C84H115BrCl2F2K2N23NaO34S. The number of ketones is 1. The summed E-state index contributed by atoms with van der Waals surface area (Å²) < 4.78 is 56.6. The van der Waals surface area contributed by atoms with Gasteiger partial charge in [-0.2, -0.15) is 68.3 Å². The Kier molecular flexibility index (Phi) is 90.2. The third kappa shape index (κ3) is 75.0. The van der Waals surface area contributed by atoms with Gasteiger partial charge >= 0.3 is 205 Å². The number of halogens is 5. The third-order valence-electron chi connectivity index (χ3n) is 15.4. The Bertz CT molecular complexity index is 5730. The number of carbonyl (C=O) groups excluding carboxylic acids is 19. The van der Waals surface area contributed by atoms with Gasteiger partial charge in [0, 0.05) is 64.6 Å². The summed E-state index contributed by atoms with van der Waals surface area (Å²) in [5.74, 6) is -3.14. The van der Waals surface area contributed by atoms with Gasteiger partial charge < -0.3 is 77.7 Å². The molecule has 7 aromatic rings. The normalized spacial score (nSPS) is 10.7. The maximum Gasteiger partial charge on any atom is 1.00 e. The largest absolute Gasteiger partial charge is 1.00 e. The number of carboxylic acids is 1. The van der Waals surface area contributed by atoms with Crippen molar-refractivity contribution in [1.29, 1.82) is 0 Å². The molecule has 2 aliphatic heterocycles. The van der Waals surface area contributed by atoms with Crippen molar-refractivity contribution in [1.82, 2.24) is 75.3 Å². The number of nitro groups is 2. The number of Topliss-reactive ketones (excluding diaryl/α,β-unsaturated/α-hetero) is 1. The quantitative estimate of drug-likeness (QED) is 0.00270. The van der Waals surface area contributed by atoms with E-state index < -0.39 is 74.8 Å². The molecule has 5 aromatic heterocycles. The molecule has 0 spiro atoms. The van der Waals surface area contributed by atoms with Crippen molar-refractivity contribution in [2.75, 3.05) is 75.9 Å². The number of aliphatic carboxylic acids is 1. The number of alkyl halides is 1. The number of carboxylic acid groups (broad SMARTS) is 1. The number of guanidine groups is 1. The maximum absolute atomic E-state index is 14.0. The van der Waals surface area contributed by atoms with Gasteiger partial charge in [0.2, 0.25) is 17.8 Å². The first-order valence-electron chi connectivity index (χ1n) is 41.0. The van der Waals surface area contributed by atoms with Gasteiger partial charge in [-0.25, -0.2) is 23.4 Å². The third-order valence-corrected chi connectivity index (χ3v) is 17.1. The second kappa shape index (κ2) is 86.8. The molecule has 0 saturated carbocycles. The fraction of sp³-hybridized carbons (Fsp3) is 0.452. The number of benzene rings is 2. The topological polar surface area (TPSA) is 812 Å². The number of esters is 3. The number of nitrogens with one attached hydrogen (secondary N) is 7. The zero-order valence-corrected chi connectivity index (χ0v) is 98.3. The first-order valence-corrected chi connectivity index (χ1v) is 44.1. The molecule has 0 unspecified atom stereocenters. The number of ether oxygens (including phenoxy) is 5. The zero-order chi connectivity index (χ0) is 114. The number of anilines is 3. The molecule has 0 radical (unpaired) electrons. The Hall–Kier alpha value is -11.8. The van der Waals surface area contributed by atoms with E-state index in [0.29, 0.717) is 60.6 Å². The van der Waals surface area contributed by atoms with Crippen LogP contribution in [0.4, 0.5) is 41.4 Å². The van der Waals surface area contributed by atoms with Gasteiger partial charge in [-0.3, -0.25) is 113 Å². The maximum atomic E-state index is 14.0. The fourth-order valence-corrected chi connectivity index (χ4v) is 10.6. The molecule has 2 aromatic carbocycles. The number of nitrogen functional groups attached to an aromatic ring is 1. The molecule has 9 rings (SSSR count). The molecule has 0 atom stereocenters. The molecular weight excluding hydrogens is 2200 g/mol. The monoisotopic (exact) mass is 2310 g/mol. The number of alkyl carbamates (subject to hydrolysis) is 1. The number of aliphatic imine (C=N–C) groups is 3. The summed E-state index contributed by atoms with van der Waals surface area (Å²) in [6.45, 7) is 29.3. The van der Waals surface area contributed by atoms with Gasteiger partial charge in [0.15, 0.2) is 16.6 Å². The van der Waals surface area contributed by atoms with E-state index in [1.807, 2.05) is 75.5 Å². The van der Waals surface area contributed by atoms with Crippen molar-refractivity contribution in [3.8, 4) is 0 Å². The molecule has 57 nitrogen and oxygen atoms in total. The Labute approximate surface area is 987 Å². The number of fused-ring (bicyclic) bond motifs is 2. The van der Waals surface area contributed by atoms with Crippen LogP contribution in [0.3, 0.4) is 0 Å². The first-order chi connectivity index (χ1) is 68.1. The second-order valence-corrected chi connectivity index (χ2v) is 32.8. The number of aryl methyl sites for hydroxylation is 3. The van der Waals surface area contributed by atoms with E-state index >= 15 is 0 Å². The van der Waals surface area contributed by atoms with E-state index in [-0.39, 0.29) is 307 Å². The molecule has 0 fully saturated rings. The minimum absolute atomic E-state index is 0. The summed E-state index contributed by atoms with van der Waals surface area (Å²) in [6, 6.07) is 9.52. The molecule has 0 bridgehead atoms. The van der Waals surface area contributed by atoms with E-state index in [4.69, 9.17) is 106 Å². The van der Waals surface area contributed by atoms with Gasteiger partial charge in [-0.05, 0) is 127 Å². The van der Waals surface area contributed by atoms with E-state index in [2.05, 4.69) is 108 Å². The Morgan fingerprint density at radius 1 is 0.720 bits per heavy atom. The molecule has 150 heavy (non-hydrogen) atoms. The number of thioether (sulfide) groups is 1. The van der Waals surface area contributed by atoms with Gasteiger partial charge in [0.1, 0.15) is 94.5 Å². The summed E-state index contributed by atoms with van der Waals surface area (Å²) in [5.41, 5.74) is 8.24. The van der Waals surface area contributed by atoms with Crippen molar-refractivity contribution in [3.63, 3.8) is 0 Å². The predicted molar refractivity (Wildman–Crippen MR) is 515 cm³/mol. The number of hydrogen-bond donors (Lipinski definition) is 9. The number of rotatable bonds is 24. The number of H-pyrrole nitrogens is 1. The SMILES string of the molecule is CC(C)(C)OC(=O)CBr.CC(C)NCC(=O)CCc1cccc(Cl)c1F.CC1=NCC=C1[N+](=O)[O-].CN=C(NC(=O)OC)SC.CN=C1NCc2nn(CC(=O)N(CC(=O)NCc3cccc(Cl)c3F)C(C)C)cc2N1.COC(=O)Nc1nc2cn(CC(=O)O)nc2c(=O)[nH]1.Cc1nn(CC(=O)OC(C)(C)C)cc1N.Cc1nn(CC(=O)OC(C)(C)C)cc1[N+](=O)[O-].O=C=O.O=C=O.O=C=O.O=C=O.O=C=O.O=CO[O-].[H-].[HH].[K+].[K+].[Na+].[OH-]. The summed E-state index contributed by atoms with van der Waals surface area (Å²) in [5, 5.41) is 71.2. The van der Waals surface area contributed by atoms with E-state index in [0.717, 1.165) is 28.9 Å². The van der Waals surface area contributed by atoms with Crippen LogP contribution in [0.2, 0.25) is 10.0 Å². The second-order valence-electron chi connectivity index (χ2n) is 30.7. The number of amidine groups is 1. The minimum atomic E-state index is -1.10. The molecule has 0 aliphatic carbocycles. The number of carbonyl (C=O) groups is 10.